The first-order chi connectivity index (χ1) is 9.16. The number of hydrogen-bond acceptors (Lipinski definition) is 5. The van der Waals surface area contributed by atoms with Crippen LogP contribution < -0.4 is 10.6 Å². The second kappa shape index (κ2) is 6.29. The van der Waals surface area contributed by atoms with E-state index in [2.05, 4.69) is 20.6 Å². The Hall–Kier alpha value is -1.95. The molecule has 0 aromatic carbocycles. The van der Waals surface area contributed by atoms with Crippen LogP contribution in [-0.4, -0.2) is 29.0 Å². The quantitative estimate of drug-likeness (QED) is 0.820. The summed E-state index contributed by atoms with van der Waals surface area (Å²) in [6.45, 7) is 4.97. The van der Waals surface area contributed by atoms with E-state index < -0.39 is 0 Å². The minimum atomic E-state index is -0.0381. The van der Waals surface area contributed by atoms with Crippen molar-refractivity contribution in [3.8, 4) is 0 Å². The molecule has 0 saturated heterocycles. The maximum Gasteiger partial charge on any atom is 0.261 e. The van der Waals surface area contributed by atoms with Crippen LogP contribution in [-0.2, 0) is 0 Å². The number of rotatable bonds is 5. The smallest absolute Gasteiger partial charge is 0.261 e. The van der Waals surface area contributed by atoms with Crippen LogP contribution >= 0.6 is 11.3 Å². The van der Waals surface area contributed by atoms with Gasteiger partial charge in [-0.15, -0.1) is 11.3 Å². The molecule has 5 nitrogen and oxygen atoms in total. The van der Waals surface area contributed by atoms with Crippen LogP contribution in [0.3, 0.4) is 0 Å². The molecule has 2 heterocycles. The van der Waals surface area contributed by atoms with Gasteiger partial charge in [0.1, 0.15) is 5.82 Å². The highest BCUT2D eigenvalue weighted by atomic mass is 32.1. The zero-order valence-corrected chi connectivity index (χ0v) is 11.8. The van der Waals surface area contributed by atoms with Gasteiger partial charge in [-0.25, -0.2) is 4.98 Å². The summed E-state index contributed by atoms with van der Waals surface area (Å²) in [6, 6.07) is 3.67. The molecule has 0 radical (unpaired) electrons. The van der Waals surface area contributed by atoms with E-state index in [1.54, 1.807) is 6.20 Å². The lowest BCUT2D eigenvalue weighted by Crippen LogP contribution is -2.28. The van der Waals surface area contributed by atoms with Gasteiger partial charge < -0.3 is 10.6 Å². The van der Waals surface area contributed by atoms with E-state index >= 15 is 0 Å². The summed E-state index contributed by atoms with van der Waals surface area (Å²) in [5.74, 6) is 0.731. The van der Waals surface area contributed by atoms with E-state index in [0.717, 1.165) is 22.1 Å². The molecule has 0 saturated carbocycles. The maximum absolute atomic E-state index is 11.7. The van der Waals surface area contributed by atoms with Gasteiger partial charge in [0, 0.05) is 19.3 Å². The van der Waals surface area contributed by atoms with Gasteiger partial charge in [0.05, 0.1) is 16.3 Å². The van der Waals surface area contributed by atoms with Crippen LogP contribution in [0.5, 0.6) is 0 Å². The highest BCUT2D eigenvalue weighted by Gasteiger charge is 2.05. The first-order valence-corrected chi connectivity index (χ1v) is 6.90. The lowest BCUT2D eigenvalue weighted by molar-refractivity contribution is 0.0959. The topological polar surface area (TPSA) is 66.9 Å². The Bertz CT molecular complexity index is 554. The Kier molecular flexibility index (Phi) is 4.46. The van der Waals surface area contributed by atoms with Gasteiger partial charge in [-0.1, -0.05) is 6.07 Å². The number of amides is 1. The first kappa shape index (κ1) is 13.5. The first-order valence-electron chi connectivity index (χ1n) is 6.02. The van der Waals surface area contributed by atoms with E-state index in [9.17, 15) is 4.79 Å². The fourth-order valence-corrected chi connectivity index (χ4v) is 2.20. The summed E-state index contributed by atoms with van der Waals surface area (Å²) in [4.78, 5) is 21.0. The van der Waals surface area contributed by atoms with Gasteiger partial charge in [0.2, 0.25) is 0 Å². The molecule has 0 bridgehead atoms. The third-order valence-corrected chi connectivity index (χ3v) is 3.39. The number of nitrogens with one attached hydrogen (secondary N) is 2. The summed E-state index contributed by atoms with van der Waals surface area (Å²) >= 11 is 1.44. The van der Waals surface area contributed by atoms with Gasteiger partial charge in [-0.2, -0.15) is 0 Å². The monoisotopic (exact) mass is 276 g/mol. The molecule has 0 atom stereocenters. The highest BCUT2D eigenvalue weighted by molar-refractivity contribution is 7.12. The molecule has 19 heavy (non-hydrogen) atoms. The van der Waals surface area contributed by atoms with Gasteiger partial charge in [-0.05, 0) is 25.3 Å². The normalized spacial score (nSPS) is 10.2. The zero-order valence-electron chi connectivity index (χ0n) is 10.9. The molecule has 100 valence electrons. The predicted octanol–water partition coefficient (Wildman–Crippen LogP) is 2.00. The molecule has 6 heteroatoms. The van der Waals surface area contributed by atoms with Crippen molar-refractivity contribution in [1.29, 1.82) is 0 Å². The van der Waals surface area contributed by atoms with Crippen molar-refractivity contribution in [3.63, 3.8) is 0 Å². The van der Waals surface area contributed by atoms with Crippen molar-refractivity contribution in [2.24, 2.45) is 0 Å². The Morgan fingerprint density at radius 3 is 2.95 bits per heavy atom. The van der Waals surface area contributed by atoms with Crippen LogP contribution in [0.1, 0.15) is 21.1 Å². The minimum Gasteiger partial charge on any atom is -0.367 e. The Balaban J connectivity index is 1.78. The number of aromatic nitrogens is 2. The molecule has 0 aliphatic heterocycles. The maximum atomic E-state index is 11.7. The van der Waals surface area contributed by atoms with Gasteiger partial charge in [0.25, 0.3) is 5.91 Å². The standard InChI is InChI=1S/C13H16N4OS/c1-9-8-16-10(2)12(17-9)14-5-6-15-13(18)11-4-3-7-19-11/h3-4,7-8H,5-6H2,1-2H3,(H,14,17)(H,15,18). The third kappa shape index (κ3) is 3.75. The summed E-state index contributed by atoms with van der Waals surface area (Å²) in [5, 5.41) is 7.91. The largest absolute Gasteiger partial charge is 0.367 e. The van der Waals surface area contributed by atoms with E-state index in [1.807, 2.05) is 31.4 Å². The molecule has 0 fully saturated rings. The lowest BCUT2D eigenvalue weighted by Gasteiger charge is -2.09. The van der Waals surface area contributed by atoms with Gasteiger partial charge >= 0.3 is 0 Å². The van der Waals surface area contributed by atoms with Crippen molar-refractivity contribution in [2.45, 2.75) is 13.8 Å². The fraction of sp³-hybridized carbons (Fsp3) is 0.308. The van der Waals surface area contributed by atoms with E-state index in [1.165, 1.54) is 11.3 Å². The van der Waals surface area contributed by atoms with Crippen molar-refractivity contribution in [3.05, 3.63) is 40.0 Å². The molecule has 0 aliphatic rings. The van der Waals surface area contributed by atoms with E-state index in [-0.39, 0.29) is 5.91 Å². The van der Waals surface area contributed by atoms with Crippen LogP contribution in [0, 0.1) is 13.8 Å². The molecule has 2 aromatic heterocycles. The second-order valence-electron chi connectivity index (χ2n) is 4.11. The number of aryl methyl sites for hydroxylation is 2. The minimum absolute atomic E-state index is 0.0381. The summed E-state index contributed by atoms with van der Waals surface area (Å²) in [7, 11) is 0. The molecule has 0 aliphatic carbocycles. The third-order valence-electron chi connectivity index (χ3n) is 2.52. The number of carbonyl (C=O) groups is 1. The van der Waals surface area contributed by atoms with Gasteiger partial charge in [-0.3, -0.25) is 9.78 Å². The Morgan fingerprint density at radius 1 is 1.37 bits per heavy atom. The van der Waals surface area contributed by atoms with Crippen LogP contribution in [0.15, 0.2) is 23.7 Å². The van der Waals surface area contributed by atoms with E-state index in [0.29, 0.717) is 13.1 Å². The SMILES string of the molecule is Cc1cnc(C)c(NCCNC(=O)c2cccs2)n1. The average Bonchev–Trinajstić information content (AvgIpc) is 2.92. The van der Waals surface area contributed by atoms with Crippen LogP contribution in [0.25, 0.3) is 0 Å². The van der Waals surface area contributed by atoms with Gasteiger partial charge in [0.15, 0.2) is 0 Å². The Labute approximate surface area is 116 Å². The Morgan fingerprint density at radius 2 is 2.21 bits per heavy atom. The molecule has 2 aromatic rings. The molecular formula is C13H16N4OS. The molecule has 1 amide bonds. The van der Waals surface area contributed by atoms with Crippen molar-refractivity contribution in [2.75, 3.05) is 18.4 Å². The molecule has 0 spiro atoms. The number of nitrogens with zero attached hydrogens (tertiary/aromatic N) is 2. The van der Waals surface area contributed by atoms with Crippen LogP contribution in [0.2, 0.25) is 0 Å². The average molecular weight is 276 g/mol. The molecule has 0 unspecified atom stereocenters. The fourth-order valence-electron chi connectivity index (χ4n) is 1.56. The van der Waals surface area contributed by atoms with Crippen molar-refractivity contribution >= 4 is 23.1 Å². The summed E-state index contributed by atoms with van der Waals surface area (Å²) in [6.07, 6.45) is 1.74. The molecule has 2 rings (SSSR count). The number of carbonyl (C=O) groups excluding carboxylic acids is 1. The molecule has 2 N–H and O–H groups in total. The number of thiophene rings is 1. The summed E-state index contributed by atoms with van der Waals surface area (Å²) in [5.41, 5.74) is 1.73. The molecular weight excluding hydrogens is 260 g/mol. The van der Waals surface area contributed by atoms with Crippen molar-refractivity contribution < 1.29 is 4.79 Å². The number of hydrogen-bond donors (Lipinski definition) is 2. The predicted molar refractivity (Wildman–Crippen MR) is 76.6 cm³/mol. The number of anilines is 1. The zero-order chi connectivity index (χ0) is 13.7. The lowest BCUT2D eigenvalue weighted by atomic mass is 10.4. The second-order valence-corrected chi connectivity index (χ2v) is 5.05. The highest BCUT2D eigenvalue weighted by Crippen LogP contribution is 2.08. The van der Waals surface area contributed by atoms with Crippen molar-refractivity contribution in [1.82, 2.24) is 15.3 Å². The summed E-state index contributed by atoms with van der Waals surface area (Å²) < 4.78 is 0. The van der Waals surface area contributed by atoms with E-state index in [4.69, 9.17) is 0 Å². The van der Waals surface area contributed by atoms with Crippen LogP contribution in [0.4, 0.5) is 5.82 Å².